The molecule has 0 aromatic heterocycles. The van der Waals surface area contributed by atoms with Crippen LogP contribution in [-0.2, 0) is 14.3 Å². The molecule has 0 aromatic rings. The van der Waals surface area contributed by atoms with Gasteiger partial charge in [0, 0.05) is 18.5 Å². The predicted octanol–water partition coefficient (Wildman–Crippen LogP) is 0.990. The van der Waals surface area contributed by atoms with Gasteiger partial charge in [0.05, 0.1) is 24.1 Å². The maximum absolute atomic E-state index is 13.1. The Morgan fingerprint density at radius 2 is 1.93 bits per heavy atom. The molecule has 4 aliphatic rings. The van der Waals surface area contributed by atoms with Gasteiger partial charge in [-0.15, -0.1) is 0 Å². The number of nitrogens with one attached hydrogen (secondary N) is 2. The molecule has 0 radical (unpaired) electrons. The number of Topliss-reactive ketones (excluding diaryl/α,β-unsaturated/α-hetero) is 1. The zero-order valence-corrected chi connectivity index (χ0v) is 15.7. The highest BCUT2D eigenvalue weighted by Crippen LogP contribution is 2.37. The molecule has 5 N–H and O–H groups in total. The van der Waals surface area contributed by atoms with Crippen LogP contribution < -0.4 is 16.4 Å². The van der Waals surface area contributed by atoms with Gasteiger partial charge in [0.2, 0.25) is 0 Å². The number of ether oxygens (including phenoxy) is 1. The molecule has 1 aliphatic carbocycles. The Morgan fingerprint density at radius 3 is 2.67 bits per heavy atom. The van der Waals surface area contributed by atoms with Gasteiger partial charge in [-0.1, -0.05) is 31.4 Å². The number of carbonyl (C=O) groups excluding carboxylic acids is 1. The maximum atomic E-state index is 13.1. The summed E-state index contributed by atoms with van der Waals surface area (Å²) in [6.07, 6.45) is 10.7. The lowest BCUT2D eigenvalue weighted by Crippen LogP contribution is -2.67. The zero-order chi connectivity index (χ0) is 19.0. The lowest BCUT2D eigenvalue weighted by molar-refractivity contribution is -0.180. The SMILES string of the molecule is NC1NC2OC3CNC(/C=C/C4CCCCC4)CC3C(=O)C2CC1C(=O)O. The first kappa shape index (κ1) is 19.1. The minimum atomic E-state index is -0.957. The van der Waals surface area contributed by atoms with Gasteiger partial charge >= 0.3 is 5.97 Å². The third-order valence-electron chi connectivity index (χ3n) is 6.84. The van der Waals surface area contributed by atoms with Gasteiger partial charge < -0.3 is 20.9 Å². The number of carboxylic acids is 1. The third kappa shape index (κ3) is 3.97. The van der Waals surface area contributed by atoms with Crippen LogP contribution >= 0.6 is 0 Å². The van der Waals surface area contributed by atoms with Crippen LogP contribution in [0.3, 0.4) is 0 Å². The minimum absolute atomic E-state index is 0.138. The normalized spacial score (nSPS) is 43.3. The molecule has 4 rings (SSSR count). The van der Waals surface area contributed by atoms with Crippen molar-refractivity contribution < 1.29 is 19.4 Å². The Bertz CT molecular complexity index is 604. The van der Waals surface area contributed by atoms with E-state index in [2.05, 4.69) is 22.8 Å². The van der Waals surface area contributed by atoms with Crippen molar-refractivity contribution in [3.05, 3.63) is 12.2 Å². The van der Waals surface area contributed by atoms with Crippen LogP contribution in [0.4, 0.5) is 0 Å². The molecule has 3 saturated heterocycles. The van der Waals surface area contributed by atoms with Gasteiger partial charge in [-0.25, -0.2) is 0 Å². The fourth-order valence-corrected chi connectivity index (χ4v) is 5.21. The summed E-state index contributed by atoms with van der Waals surface area (Å²) < 4.78 is 6.11. The molecule has 7 nitrogen and oxygen atoms in total. The second-order valence-corrected chi connectivity index (χ2v) is 8.62. The molecular formula is C20H31N3O4. The number of nitrogens with two attached hydrogens (primary N) is 1. The predicted molar refractivity (Wildman–Crippen MR) is 99.6 cm³/mol. The first-order chi connectivity index (χ1) is 13.0. The van der Waals surface area contributed by atoms with Crippen LogP contribution in [0.15, 0.2) is 12.2 Å². The van der Waals surface area contributed by atoms with Crippen molar-refractivity contribution in [1.82, 2.24) is 10.6 Å². The van der Waals surface area contributed by atoms with Crippen molar-refractivity contribution in [3.63, 3.8) is 0 Å². The van der Waals surface area contributed by atoms with Crippen LogP contribution in [0.1, 0.15) is 44.9 Å². The number of fused-ring (bicyclic) bond motifs is 2. The number of hydrogen-bond acceptors (Lipinski definition) is 6. The molecule has 0 aromatic carbocycles. The van der Waals surface area contributed by atoms with E-state index in [1.165, 1.54) is 32.1 Å². The van der Waals surface area contributed by atoms with Gasteiger partial charge in [-0.2, -0.15) is 0 Å². The molecule has 7 unspecified atom stereocenters. The Hall–Kier alpha value is -1.28. The van der Waals surface area contributed by atoms with E-state index in [4.69, 9.17) is 10.5 Å². The smallest absolute Gasteiger partial charge is 0.309 e. The Labute approximate surface area is 160 Å². The summed E-state index contributed by atoms with van der Waals surface area (Å²) in [6, 6.07) is 0.186. The number of allylic oxidation sites excluding steroid dienone is 1. The van der Waals surface area contributed by atoms with Crippen molar-refractivity contribution in [2.45, 2.75) is 69.5 Å². The summed E-state index contributed by atoms with van der Waals surface area (Å²) in [5.41, 5.74) is 5.92. The fraction of sp³-hybridized carbons (Fsp3) is 0.800. The van der Waals surface area contributed by atoms with E-state index in [-0.39, 0.29) is 30.3 Å². The number of rotatable bonds is 3. The molecule has 4 fully saturated rings. The van der Waals surface area contributed by atoms with Crippen molar-refractivity contribution in [2.75, 3.05) is 6.54 Å². The monoisotopic (exact) mass is 377 g/mol. The molecular weight excluding hydrogens is 346 g/mol. The Morgan fingerprint density at radius 1 is 1.15 bits per heavy atom. The number of carboxylic acid groups (broad SMARTS) is 1. The van der Waals surface area contributed by atoms with E-state index >= 15 is 0 Å². The quantitative estimate of drug-likeness (QED) is 0.542. The number of piperidine rings is 2. The lowest BCUT2D eigenvalue weighted by atomic mass is 9.73. The Balaban J connectivity index is 1.40. The number of carbonyl (C=O) groups is 2. The largest absolute Gasteiger partial charge is 0.481 e. The van der Waals surface area contributed by atoms with Gasteiger partial charge in [0.25, 0.3) is 0 Å². The molecule has 0 amide bonds. The fourth-order valence-electron chi connectivity index (χ4n) is 5.21. The molecule has 150 valence electrons. The molecule has 1 saturated carbocycles. The van der Waals surface area contributed by atoms with E-state index in [1.54, 1.807) is 0 Å². The number of aliphatic carboxylic acids is 1. The van der Waals surface area contributed by atoms with Crippen molar-refractivity contribution >= 4 is 11.8 Å². The second-order valence-electron chi connectivity index (χ2n) is 8.62. The topological polar surface area (TPSA) is 114 Å². The maximum Gasteiger partial charge on any atom is 0.309 e. The first-order valence-electron chi connectivity index (χ1n) is 10.4. The standard InChI is InChI=1S/C20H31N3O4/c21-18-15(20(25)26)9-14-17(24)13-8-12(7-6-11-4-2-1-3-5-11)22-10-16(13)27-19(14)23-18/h6-7,11-16,18-19,22-23H,1-5,8-10,21H2,(H,25,26)/b7-6+. The Kier molecular flexibility index (Phi) is 5.64. The van der Waals surface area contributed by atoms with Gasteiger partial charge in [-0.05, 0) is 31.6 Å². The molecule has 3 aliphatic heterocycles. The van der Waals surface area contributed by atoms with E-state index in [9.17, 15) is 14.7 Å². The molecule has 7 heteroatoms. The van der Waals surface area contributed by atoms with E-state index < -0.39 is 30.2 Å². The van der Waals surface area contributed by atoms with Gasteiger partial charge in [0.15, 0.2) is 0 Å². The number of ketones is 1. The van der Waals surface area contributed by atoms with Crippen LogP contribution in [-0.4, -0.2) is 47.9 Å². The number of hydrogen-bond donors (Lipinski definition) is 4. The van der Waals surface area contributed by atoms with Crippen molar-refractivity contribution in [1.29, 1.82) is 0 Å². The van der Waals surface area contributed by atoms with Gasteiger partial charge in [0.1, 0.15) is 12.0 Å². The summed E-state index contributed by atoms with van der Waals surface area (Å²) in [5.74, 6) is -1.49. The molecule has 7 atom stereocenters. The molecule has 0 spiro atoms. The van der Waals surface area contributed by atoms with Gasteiger partial charge in [-0.3, -0.25) is 14.9 Å². The van der Waals surface area contributed by atoms with Crippen LogP contribution in [0.2, 0.25) is 0 Å². The summed E-state index contributed by atoms with van der Waals surface area (Å²) in [5, 5.41) is 15.9. The summed E-state index contributed by atoms with van der Waals surface area (Å²) in [7, 11) is 0. The van der Waals surface area contributed by atoms with E-state index in [0.29, 0.717) is 12.5 Å². The van der Waals surface area contributed by atoms with Crippen LogP contribution in [0.25, 0.3) is 0 Å². The molecule has 27 heavy (non-hydrogen) atoms. The highest BCUT2D eigenvalue weighted by molar-refractivity contribution is 5.86. The zero-order valence-electron chi connectivity index (χ0n) is 15.7. The summed E-state index contributed by atoms with van der Waals surface area (Å²) in [6.45, 7) is 0.637. The lowest BCUT2D eigenvalue weighted by Gasteiger charge is -2.48. The minimum Gasteiger partial charge on any atom is -0.481 e. The highest BCUT2D eigenvalue weighted by Gasteiger charge is 2.51. The highest BCUT2D eigenvalue weighted by atomic mass is 16.5. The van der Waals surface area contributed by atoms with E-state index in [0.717, 1.165) is 6.42 Å². The molecule has 0 bridgehead atoms. The summed E-state index contributed by atoms with van der Waals surface area (Å²) in [4.78, 5) is 24.5. The third-order valence-corrected chi connectivity index (χ3v) is 6.84. The summed E-state index contributed by atoms with van der Waals surface area (Å²) >= 11 is 0. The van der Waals surface area contributed by atoms with Crippen molar-refractivity contribution in [3.8, 4) is 0 Å². The van der Waals surface area contributed by atoms with Crippen LogP contribution in [0, 0.1) is 23.7 Å². The van der Waals surface area contributed by atoms with Crippen LogP contribution in [0.5, 0.6) is 0 Å². The van der Waals surface area contributed by atoms with Crippen molar-refractivity contribution in [2.24, 2.45) is 29.4 Å². The average molecular weight is 377 g/mol. The molecule has 3 heterocycles. The van der Waals surface area contributed by atoms with E-state index in [1.807, 2.05) is 0 Å². The second kappa shape index (κ2) is 7.99. The average Bonchev–Trinajstić information content (AvgIpc) is 2.67. The first-order valence-corrected chi connectivity index (χ1v) is 10.4.